The Morgan fingerprint density at radius 3 is 2.45 bits per heavy atom. The minimum absolute atomic E-state index is 0.342. The lowest BCUT2D eigenvalue weighted by Gasteiger charge is -2.32. The molecule has 20 heavy (non-hydrogen) atoms. The summed E-state index contributed by atoms with van der Waals surface area (Å²) < 4.78 is 5.56. The second kappa shape index (κ2) is 7.65. The third-order valence-electron chi connectivity index (χ3n) is 4.01. The summed E-state index contributed by atoms with van der Waals surface area (Å²) in [6.07, 6.45) is 3.31. The number of hydrogen-bond donors (Lipinski definition) is 2. The zero-order valence-corrected chi connectivity index (χ0v) is 12.6. The van der Waals surface area contributed by atoms with Crippen LogP contribution >= 0.6 is 0 Å². The molecular formula is C17H27NO2. The maximum Gasteiger partial charge on any atom is 0.119 e. The highest BCUT2D eigenvalue weighted by Gasteiger charge is 2.23. The first-order chi connectivity index (χ1) is 9.63. The van der Waals surface area contributed by atoms with E-state index >= 15 is 0 Å². The summed E-state index contributed by atoms with van der Waals surface area (Å²) in [4.78, 5) is 0. The number of rotatable bonds is 6. The van der Waals surface area contributed by atoms with Crippen LogP contribution < -0.4 is 10.1 Å². The van der Waals surface area contributed by atoms with E-state index in [-0.39, 0.29) is 0 Å². The van der Waals surface area contributed by atoms with Crippen molar-refractivity contribution >= 4 is 0 Å². The molecule has 1 aromatic rings. The molecule has 1 aliphatic carbocycles. The molecule has 0 amide bonds. The number of benzene rings is 1. The summed E-state index contributed by atoms with van der Waals surface area (Å²) in [5.74, 6) is 2.38. The van der Waals surface area contributed by atoms with Crippen molar-refractivity contribution in [3.63, 3.8) is 0 Å². The molecule has 0 heterocycles. The minimum Gasteiger partial charge on any atom is -0.491 e. The van der Waals surface area contributed by atoms with Gasteiger partial charge in [0.25, 0.3) is 0 Å². The molecule has 0 radical (unpaired) electrons. The van der Waals surface area contributed by atoms with E-state index in [9.17, 15) is 5.11 Å². The lowest BCUT2D eigenvalue weighted by Crippen LogP contribution is -2.41. The summed E-state index contributed by atoms with van der Waals surface area (Å²) in [5, 5.41) is 13.5. The summed E-state index contributed by atoms with van der Waals surface area (Å²) in [6, 6.07) is 10.2. The number of nitrogens with one attached hydrogen (secondary N) is 1. The lowest BCUT2D eigenvalue weighted by molar-refractivity contribution is 0.0983. The predicted octanol–water partition coefficient (Wildman–Crippen LogP) is 2.84. The Hall–Kier alpha value is -1.06. The molecule has 2 N–H and O–H groups in total. The number of hydrogen-bond acceptors (Lipinski definition) is 3. The van der Waals surface area contributed by atoms with Gasteiger partial charge in [0.2, 0.25) is 0 Å². The van der Waals surface area contributed by atoms with Crippen LogP contribution in [0.3, 0.4) is 0 Å². The van der Waals surface area contributed by atoms with Gasteiger partial charge in [-0.2, -0.15) is 0 Å². The van der Waals surface area contributed by atoms with E-state index in [2.05, 4.69) is 19.2 Å². The van der Waals surface area contributed by atoms with Gasteiger partial charge < -0.3 is 15.2 Å². The van der Waals surface area contributed by atoms with Crippen LogP contribution in [0.5, 0.6) is 5.75 Å². The zero-order chi connectivity index (χ0) is 14.4. The average molecular weight is 277 g/mol. The van der Waals surface area contributed by atoms with Gasteiger partial charge in [-0.05, 0) is 43.2 Å². The van der Waals surface area contributed by atoms with Gasteiger partial charge in [0.05, 0.1) is 0 Å². The molecule has 0 aliphatic heterocycles. The van der Waals surface area contributed by atoms with Gasteiger partial charge >= 0.3 is 0 Å². The van der Waals surface area contributed by atoms with Crippen molar-refractivity contribution in [3.05, 3.63) is 30.3 Å². The van der Waals surface area contributed by atoms with Crippen LogP contribution in [-0.2, 0) is 0 Å². The Morgan fingerprint density at radius 2 is 1.80 bits per heavy atom. The Kier molecular flexibility index (Phi) is 5.86. The van der Waals surface area contributed by atoms with E-state index in [1.165, 1.54) is 19.3 Å². The molecule has 112 valence electrons. The third-order valence-corrected chi connectivity index (χ3v) is 4.01. The first kappa shape index (κ1) is 15.3. The fourth-order valence-electron chi connectivity index (χ4n) is 3.18. The SMILES string of the molecule is CC1CC(C)CC(NCC(O)COc2ccccc2)C1. The van der Waals surface area contributed by atoms with E-state index in [1.807, 2.05) is 30.3 Å². The molecule has 3 atom stereocenters. The maximum absolute atomic E-state index is 9.99. The van der Waals surface area contributed by atoms with Crippen molar-refractivity contribution in [1.82, 2.24) is 5.32 Å². The maximum atomic E-state index is 9.99. The molecule has 0 spiro atoms. The molecule has 0 aromatic heterocycles. The highest BCUT2D eigenvalue weighted by Crippen LogP contribution is 2.28. The molecule has 1 aliphatic rings. The highest BCUT2D eigenvalue weighted by atomic mass is 16.5. The molecule has 3 nitrogen and oxygen atoms in total. The van der Waals surface area contributed by atoms with Crippen LogP contribution in [0.1, 0.15) is 33.1 Å². The van der Waals surface area contributed by atoms with E-state index in [1.54, 1.807) is 0 Å². The molecule has 2 rings (SSSR count). The number of para-hydroxylation sites is 1. The van der Waals surface area contributed by atoms with Crippen LogP contribution in [-0.4, -0.2) is 30.4 Å². The molecule has 3 unspecified atom stereocenters. The molecule has 3 heteroatoms. The van der Waals surface area contributed by atoms with E-state index < -0.39 is 6.10 Å². The minimum atomic E-state index is -0.456. The van der Waals surface area contributed by atoms with Crippen LogP contribution in [0.4, 0.5) is 0 Å². The van der Waals surface area contributed by atoms with Gasteiger partial charge in [-0.25, -0.2) is 0 Å². The van der Waals surface area contributed by atoms with Gasteiger partial charge in [0, 0.05) is 12.6 Å². The molecular weight excluding hydrogens is 250 g/mol. The molecule has 1 aromatic carbocycles. The van der Waals surface area contributed by atoms with Gasteiger partial charge in [-0.1, -0.05) is 32.0 Å². The predicted molar refractivity (Wildman–Crippen MR) is 81.9 cm³/mol. The molecule has 1 saturated carbocycles. The molecule has 1 fully saturated rings. The summed E-state index contributed by atoms with van der Waals surface area (Å²) in [7, 11) is 0. The summed E-state index contributed by atoms with van der Waals surface area (Å²) in [6.45, 7) is 5.59. The number of aliphatic hydroxyl groups excluding tert-OH is 1. The highest BCUT2D eigenvalue weighted by molar-refractivity contribution is 5.20. The van der Waals surface area contributed by atoms with Crippen molar-refractivity contribution < 1.29 is 9.84 Å². The lowest BCUT2D eigenvalue weighted by atomic mass is 9.80. The second-order valence-corrected chi connectivity index (χ2v) is 6.30. The van der Waals surface area contributed by atoms with E-state index in [4.69, 9.17) is 4.74 Å². The summed E-state index contributed by atoms with van der Waals surface area (Å²) >= 11 is 0. The van der Waals surface area contributed by atoms with Crippen molar-refractivity contribution in [2.75, 3.05) is 13.2 Å². The van der Waals surface area contributed by atoms with Crippen LogP contribution in [0, 0.1) is 11.8 Å². The topological polar surface area (TPSA) is 41.5 Å². The van der Waals surface area contributed by atoms with Gasteiger partial charge in [-0.3, -0.25) is 0 Å². The van der Waals surface area contributed by atoms with Crippen molar-refractivity contribution in [3.8, 4) is 5.75 Å². The number of aliphatic hydroxyl groups is 1. The van der Waals surface area contributed by atoms with Gasteiger partial charge in [0.15, 0.2) is 0 Å². The molecule has 0 bridgehead atoms. The smallest absolute Gasteiger partial charge is 0.119 e. The third kappa shape index (κ3) is 5.14. The van der Waals surface area contributed by atoms with E-state index in [0.717, 1.165) is 17.6 Å². The Morgan fingerprint density at radius 1 is 1.15 bits per heavy atom. The normalized spacial score (nSPS) is 28.1. The first-order valence-electron chi connectivity index (χ1n) is 7.72. The summed E-state index contributed by atoms with van der Waals surface area (Å²) in [5.41, 5.74) is 0. The monoisotopic (exact) mass is 277 g/mol. The largest absolute Gasteiger partial charge is 0.491 e. The van der Waals surface area contributed by atoms with Crippen molar-refractivity contribution in [1.29, 1.82) is 0 Å². The van der Waals surface area contributed by atoms with Gasteiger partial charge in [-0.15, -0.1) is 0 Å². The zero-order valence-electron chi connectivity index (χ0n) is 12.6. The van der Waals surface area contributed by atoms with Crippen LogP contribution in [0.15, 0.2) is 30.3 Å². The average Bonchev–Trinajstić information content (AvgIpc) is 2.43. The van der Waals surface area contributed by atoms with Gasteiger partial charge in [0.1, 0.15) is 18.5 Å². The van der Waals surface area contributed by atoms with Crippen molar-refractivity contribution in [2.45, 2.75) is 45.3 Å². The Bertz CT molecular complexity index is 372. The standard InChI is InChI=1S/C17H27NO2/c1-13-8-14(2)10-15(9-13)18-11-16(19)12-20-17-6-4-3-5-7-17/h3-7,13-16,18-19H,8-12H2,1-2H3. The van der Waals surface area contributed by atoms with Crippen molar-refractivity contribution in [2.24, 2.45) is 11.8 Å². The van der Waals surface area contributed by atoms with Crippen LogP contribution in [0.25, 0.3) is 0 Å². The fourth-order valence-corrected chi connectivity index (χ4v) is 3.18. The number of ether oxygens (including phenoxy) is 1. The quantitative estimate of drug-likeness (QED) is 0.840. The first-order valence-corrected chi connectivity index (χ1v) is 7.72. The van der Waals surface area contributed by atoms with Crippen LogP contribution in [0.2, 0.25) is 0 Å². The Labute approximate surface area is 122 Å². The molecule has 0 saturated heterocycles. The van der Waals surface area contributed by atoms with E-state index in [0.29, 0.717) is 19.2 Å². The second-order valence-electron chi connectivity index (χ2n) is 6.30. The fraction of sp³-hybridized carbons (Fsp3) is 0.647. The Balaban J connectivity index is 1.66.